The third-order valence-electron chi connectivity index (χ3n) is 3.96. The SMILES string of the molecule is CCCC(C)(CCS(=O)(=O)C(C)C)CNC1CC1. The normalized spacial score (nSPS) is 20.1. The first-order chi connectivity index (χ1) is 8.29. The molecule has 0 aliphatic heterocycles. The van der Waals surface area contributed by atoms with Crippen molar-refractivity contribution in [2.75, 3.05) is 12.3 Å². The average molecular weight is 275 g/mol. The van der Waals surface area contributed by atoms with Crippen LogP contribution in [0.15, 0.2) is 0 Å². The van der Waals surface area contributed by atoms with Gasteiger partial charge in [-0.3, -0.25) is 0 Å². The van der Waals surface area contributed by atoms with Gasteiger partial charge in [0.05, 0.1) is 11.0 Å². The molecular formula is C14H29NO2S. The van der Waals surface area contributed by atoms with Crippen LogP contribution in [0, 0.1) is 5.41 Å². The van der Waals surface area contributed by atoms with E-state index >= 15 is 0 Å². The molecule has 0 aromatic carbocycles. The van der Waals surface area contributed by atoms with Crippen LogP contribution in [0.5, 0.6) is 0 Å². The number of nitrogens with one attached hydrogen (secondary N) is 1. The molecule has 1 fully saturated rings. The van der Waals surface area contributed by atoms with Crippen LogP contribution in [-0.2, 0) is 9.84 Å². The van der Waals surface area contributed by atoms with E-state index in [1.165, 1.54) is 12.8 Å². The summed E-state index contributed by atoms with van der Waals surface area (Å²) >= 11 is 0. The van der Waals surface area contributed by atoms with Gasteiger partial charge in [0.2, 0.25) is 0 Å². The zero-order chi connectivity index (χ0) is 13.8. The monoisotopic (exact) mass is 275 g/mol. The van der Waals surface area contributed by atoms with Gasteiger partial charge in [-0.1, -0.05) is 20.3 Å². The Morgan fingerprint density at radius 2 is 1.89 bits per heavy atom. The molecule has 1 aliphatic carbocycles. The largest absolute Gasteiger partial charge is 0.313 e. The van der Waals surface area contributed by atoms with E-state index < -0.39 is 9.84 Å². The maximum Gasteiger partial charge on any atom is 0.152 e. The average Bonchev–Trinajstić information content (AvgIpc) is 3.08. The Bertz CT molecular complexity index is 347. The maximum atomic E-state index is 11.9. The van der Waals surface area contributed by atoms with Gasteiger partial charge in [0, 0.05) is 12.6 Å². The van der Waals surface area contributed by atoms with Crippen LogP contribution < -0.4 is 5.32 Å². The zero-order valence-electron chi connectivity index (χ0n) is 12.3. The van der Waals surface area contributed by atoms with Gasteiger partial charge < -0.3 is 5.32 Å². The van der Waals surface area contributed by atoms with Gasteiger partial charge >= 0.3 is 0 Å². The highest BCUT2D eigenvalue weighted by Gasteiger charge is 2.30. The van der Waals surface area contributed by atoms with Gasteiger partial charge in [0.1, 0.15) is 0 Å². The summed E-state index contributed by atoms with van der Waals surface area (Å²) in [6.07, 6.45) is 5.56. The molecule has 0 heterocycles. The van der Waals surface area contributed by atoms with Gasteiger partial charge in [-0.25, -0.2) is 8.42 Å². The third kappa shape index (κ3) is 5.27. The molecule has 0 bridgehead atoms. The van der Waals surface area contributed by atoms with E-state index in [-0.39, 0.29) is 10.7 Å². The standard InChI is InChI=1S/C14H29NO2S/c1-5-8-14(4,11-15-13-6-7-13)9-10-18(16,17)12(2)3/h12-13,15H,5-11H2,1-4H3. The van der Waals surface area contributed by atoms with E-state index in [0.29, 0.717) is 11.8 Å². The van der Waals surface area contributed by atoms with Crippen molar-refractivity contribution < 1.29 is 8.42 Å². The molecule has 1 N–H and O–H groups in total. The van der Waals surface area contributed by atoms with Crippen molar-refractivity contribution in [2.45, 2.75) is 71.1 Å². The lowest BCUT2D eigenvalue weighted by Gasteiger charge is -2.30. The number of rotatable bonds is 9. The zero-order valence-corrected chi connectivity index (χ0v) is 13.1. The summed E-state index contributed by atoms with van der Waals surface area (Å²) in [5, 5.41) is 3.30. The Morgan fingerprint density at radius 1 is 1.28 bits per heavy atom. The second kappa shape index (κ2) is 6.38. The van der Waals surface area contributed by atoms with Crippen LogP contribution in [0.4, 0.5) is 0 Å². The highest BCUT2D eigenvalue weighted by atomic mass is 32.2. The smallest absolute Gasteiger partial charge is 0.152 e. The molecule has 0 radical (unpaired) electrons. The molecule has 0 saturated heterocycles. The van der Waals surface area contributed by atoms with E-state index in [9.17, 15) is 8.42 Å². The van der Waals surface area contributed by atoms with Crippen molar-refractivity contribution in [1.82, 2.24) is 5.32 Å². The Labute approximate surface area is 113 Å². The topological polar surface area (TPSA) is 46.2 Å². The van der Waals surface area contributed by atoms with E-state index in [1.807, 2.05) is 0 Å². The highest BCUT2D eigenvalue weighted by molar-refractivity contribution is 7.91. The predicted molar refractivity (Wildman–Crippen MR) is 77.6 cm³/mol. The molecule has 0 spiro atoms. The lowest BCUT2D eigenvalue weighted by atomic mass is 9.83. The molecular weight excluding hydrogens is 246 g/mol. The fourth-order valence-corrected chi connectivity index (χ4v) is 3.46. The highest BCUT2D eigenvalue weighted by Crippen LogP contribution is 2.30. The summed E-state index contributed by atoms with van der Waals surface area (Å²) in [7, 11) is -2.90. The third-order valence-corrected chi connectivity index (χ3v) is 6.17. The van der Waals surface area contributed by atoms with Crippen molar-refractivity contribution in [1.29, 1.82) is 0 Å². The summed E-state index contributed by atoms with van der Waals surface area (Å²) in [6, 6.07) is 0.697. The second-order valence-corrected chi connectivity index (χ2v) is 9.06. The first-order valence-corrected chi connectivity index (χ1v) is 8.95. The summed E-state index contributed by atoms with van der Waals surface area (Å²) in [5.74, 6) is 0.327. The minimum Gasteiger partial charge on any atom is -0.313 e. The van der Waals surface area contributed by atoms with Crippen LogP contribution in [0.3, 0.4) is 0 Å². The fourth-order valence-electron chi connectivity index (χ4n) is 2.21. The summed E-state index contributed by atoms with van der Waals surface area (Å²) in [6.45, 7) is 8.90. The molecule has 0 aromatic heterocycles. The van der Waals surface area contributed by atoms with Gasteiger partial charge in [-0.05, 0) is 44.9 Å². The molecule has 1 rings (SSSR count). The first-order valence-electron chi connectivity index (χ1n) is 7.24. The maximum absolute atomic E-state index is 11.9. The van der Waals surface area contributed by atoms with Crippen molar-refractivity contribution in [3.63, 3.8) is 0 Å². The lowest BCUT2D eigenvalue weighted by molar-refractivity contribution is 0.266. The van der Waals surface area contributed by atoms with E-state index in [2.05, 4.69) is 19.2 Å². The van der Waals surface area contributed by atoms with Crippen LogP contribution in [0.2, 0.25) is 0 Å². The molecule has 3 nitrogen and oxygen atoms in total. The minimum absolute atomic E-state index is 0.124. The fraction of sp³-hybridized carbons (Fsp3) is 1.00. The summed E-state index contributed by atoms with van der Waals surface area (Å²) < 4.78 is 23.8. The Balaban J connectivity index is 2.49. The molecule has 1 unspecified atom stereocenters. The van der Waals surface area contributed by atoms with Crippen molar-refractivity contribution in [3.8, 4) is 0 Å². The van der Waals surface area contributed by atoms with E-state index in [0.717, 1.165) is 25.8 Å². The van der Waals surface area contributed by atoms with Crippen molar-refractivity contribution >= 4 is 9.84 Å². The van der Waals surface area contributed by atoms with E-state index in [4.69, 9.17) is 0 Å². The predicted octanol–water partition coefficient (Wildman–Crippen LogP) is 2.76. The molecule has 1 atom stereocenters. The van der Waals surface area contributed by atoms with Crippen molar-refractivity contribution in [3.05, 3.63) is 0 Å². The summed E-state index contributed by atoms with van der Waals surface area (Å²) in [4.78, 5) is 0. The Morgan fingerprint density at radius 3 is 2.33 bits per heavy atom. The molecule has 0 aromatic rings. The van der Waals surface area contributed by atoms with Crippen LogP contribution in [0.25, 0.3) is 0 Å². The Hall–Kier alpha value is -0.0900. The molecule has 1 saturated carbocycles. The summed E-state index contributed by atoms with van der Waals surface area (Å²) in [5.41, 5.74) is 0.124. The quantitative estimate of drug-likeness (QED) is 0.704. The molecule has 0 amide bonds. The van der Waals surface area contributed by atoms with Gasteiger partial charge in [-0.15, -0.1) is 0 Å². The number of hydrogen-bond acceptors (Lipinski definition) is 3. The Kier molecular flexibility index (Phi) is 5.66. The van der Waals surface area contributed by atoms with Crippen LogP contribution in [-0.4, -0.2) is 32.0 Å². The minimum atomic E-state index is -2.90. The van der Waals surface area contributed by atoms with Crippen molar-refractivity contribution in [2.24, 2.45) is 5.41 Å². The first kappa shape index (κ1) is 16.0. The van der Waals surface area contributed by atoms with E-state index in [1.54, 1.807) is 13.8 Å². The van der Waals surface area contributed by atoms with Crippen LogP contribution >= 0.6 is 0 Å². The second-order valence-electron chi connectivity index (χ2n) is 6.38. The number of sulfone groups is 1. The molecule has 18 heavy (non-hydrogen) atoms. The molecule has 108 valence electrons. The van der Waals surface area contributed by atoms with Gasteiger partial charge in [-0.2, -0.15) is 0 Å². The molecule has 1 aliphatic rings. The number of hydrogen-bond donors (Lipinski definition) is 1. The lowest BCUT2D eigenvalue weighted by Crippen LogP contribution is -2.35. The van der Waals surface area contributed by atoms with Gasteiger partial charge in [0.25, 0.3) is 0 Å². The van der Waals surface area contributed by atoms with Gasteiger partial charge in [0.15, 0.2) is 9.84 Å². The molecule has 4 heteroatoms. The van der Waals surface area contributed by atoms with Crippen LogP contribution in [0.1, 0.15) is 59.8 Å².